The molecule has 1 aliphatic heterocycles. The van der Waals surface area contributed by atoms with Crippen LogP contribution in [0.1, 0.15) is 57.9 Å². The van der Waals surface area contributed by atoms with E-state index in [9.17, 15) is 0 Å². The molecule has 0 saturated carbocycles. The average molecular weight is 310 g/mol. The molecule has 0 aliphatic carbocycles. The highest BCUT2D eigenvalue weighted by atomic mass is 35.5. The van der Waals surface area contributed by atoms with Gasteiger partial charge in [0.05, 0.1) is 6.10 Å². The van der Waals surface area contributed by atoms with E-state index in [1.165, 1.54) is 18.4 Å². The summed E-state index contributed by atoms with van der Waals surface area (Å²) in [5, 5.41) is 4.44. The minimum absolute atomic E-state index is 0.147. The maximum absolute atomic E-state index is 6.01. The number of rotatable bonds is 6. The topological polar surface area (TPSA) is 21.3 Å². The normalized spacial score (nSPS) is 20.7. The number of hydrogen-bond acceptors (Lipinski definition) is 2. The lowest BCUT2D eigenvalue weighted by Gasteiger charge is -2.26. The zero-order valence-electron chi connectivity index (χ0n) is 13.5. The van der Waals surface area contributed by atoms with Gasteiger partial charge in [-0.05, 0) is 70.1 Å². The van der Waals surface area contributed by atoms with Crippen LogP contribution in [0, 0.1) is 0 Å². The zero-order chi connectivity index (χ0) is 15.3. The first-order chi connectivity index (χ1) is 9.94. The molecular formula is C18H28ClNO. The summed E-state index contributed by atoms with van der Waals surface area (Å²) in [4.78, 5) is 0. The quantitative estimate of drug-likeness (QED) is 0.817. The maximum Gasteiger partial charge on any atom is 0.0576 e. The SMILES string of the molecule is CC(C)(C)NCC(CCC1CCCO1)c1ccc(Cl)cc1. The largest absolute Gasteiger partial charge is 0.378 e. The number of benzene rings is 1. The van der Waals surface area contributed by atoms with Crippen LogP contribution in [0.15, 0.2) is 24.3 Å². The molecule has 1 N–H and O–H groups in total. The molecule has 21 heavy (non-hydrogen) atoms. The molecule has 1 fully saturated rings. The van der Waals surface area contributed by atoms with Gasteiger partial charge < -0.3 is 10.1 Å². The second-order valence-electron chi connectivity index (χ2n) is 7.09. The Hall–Kier alpha value is -0.570. The molecule has 2 rings (SSSR count). The summed E-state index contributed by atoms with van der Waals surface area (Å²) in [7, 11) is 0. The van der Waals surface area contributed by atoms with Crippen LogP contribution in [0.25, 0.3) is 0 Å². The second-order valence-corrected chi connectivity index (χ2v) is 7.53. The van der Waals surface area contributed by atoms with Crippen molar-refractivity contribution in [1.29, 1.82) is 0 Å². The van der Waals surface area contributed by atoms with Crippen LogP contribution < -0.4 is 5.32 Å². The van der Waals surface area contributed by atoms with Gasteiger partial charge in [-0.25, -0.2) is 0 Å². The minimum atomic E-state index is 0.147. The maximum atomic E-state index is 6.01. The molecule has 0 radical (unpaired) electrons. The van der Waals surface area contributed by atoms with E-state index in [-0.39, 0.29) is 5.54 Å². The lowest BCUT2D eigenvalue weighted by atomic mass is 9.91. The monoisotopic (exact) mass is 309 g/mol. The molecule has 118 valence electrons. The highest BCUT2D eigenvalue weighted by Crippen LogP contribution is 2.27. The smallest absolute Gasteiger partial charge is 0.0576 e. The van der Waals surface area contributed by atoms with Crippen molar-refractivity contribution < 1.29 is 4.74 Å². The Morgan fingerprint density at radius 1 is 1.29 bits per heavy atom. The van der Waals surface area contributed by atoms with Crippen LogP contribution in [0.2, 0.25) is 5.02 Å². The van der Waals surface area contributed by atoms with Gasteiger partial charge in [0, 0.05) is 23.7 Å². The molecule has 3 heteroatoms. The molecular weight excluding hydrogens is 282 g/mol. The second kappa shape index (κ2) is 7.62. The Morgan fingerprint density at radius 3 is 2.57 bits per heavy atom. The van der Waals surface area contributed by atoms with Gasteiger partial charge in [-0.3, -0.25) is 0 Å². The standard InChI is InChI=1S/C18H28ClNO/c1-18(2,3)20-13-15(8-11-17-5-4-12-21-17)14-6-9-16(19)10-7-14/h6-7,9-10,15,17,20H,4-5,8,11-13H2,1-3H3. The summed E-state index contributed by atoms with van der Waals surface area (Å²) in [6.07, 6.45) is 5.22. The Kier molecular flexibility index (Phi) is 6.09. The Balaban J connectivity index is 1.96. The molecule has 1 saturated heterocycles. The van der Waals surface area contributed by atoms with Gasteiger partial charge in [-0.2, -0.15) is 0 Å². The van der Waals surface area contributed by atoms with Crippen LogP contribution in [0.3, 0.4) is 0 Å². The first-order valence-electron chi connectivity index (χ1n) is 8.06. The van der Waals surface area contributed by atoms with Crippen LogP contribution in [-0.2, 0) is 4.74 Å². The zero-order valence-corrected chi connectivity index (χ0v) is 14.2. The third-order valence-electron chi connectivity index (χ3n) is 4.08. The first-order valence-corrected chi connectivity index (χ1v) is 8.44. The molecule has 1 heterocycles. The summed E-state index contributed by atoms with van der Waals surface area (Å²) in [5.41, 5.74) is 1.52. The Bertz CT molecular complexity index is 418. The fourth-order valence-electron chi connectivity index (χ4n) is 2.81. The molecule has 2 atom stereocenters. The summed E-state index contributed by atoms with van der Waals surface area (Å²) in [6, 6.07) is 8.31. The average Bonchev–Trinajstić information content (AvgIpc) is 2.92. The summed E-state index contributed by atoms with van der Waals surface area (Å²) in [6.45, 7) is 8.58. The van der Waals surface area contributed by atoms with E-state index in [1.807, 2.05) is 12.1 Å². The minimum Gasteiger partial charge on any atom is -0.378 e. The highest BCUT2D eigenvalue weighted by Gasteiger charge is 2.20. The first kappa shape index (κ1) is 16.8. The van der Waals surface area contributed by atoms with E-state index in [4.69, 9.17) is 16.3 Å². The van der Waals surface area contributed by atoms with E-state index in [2.05, 4.69) is 38.2 Å². The van der Waals surface area contributed by atoms with Gasteiger partial charge >= 0.3 is 0 Å². The van der Waals surface area contributed by atoms with Crippen molar-refractivity contribution in [2.24, 2.45) is 0 Å². The lowest BCUT2D eigenvalue weighted by molar-refractivity contribution is 0.100. The predicted octanol–water partition coefficient (Wildman–Crippen LogP) is 4.77. The predicted molar refractivity (Wildman–Crippen MR) is 90.2 cm³/mol. The number of ether oxygens (including phenoxy) is 1. The number of hydrogen-bond donors (Lipinski definition) is 1. The van der Waals surface area contributed by atoms with Crippen LogP contribution >= 0.6 is 11.6 Å². The van der Waals surface area contributed by atoms with Gasteiger partial charge in [0.2, 0.25) is 0 Å². The Labute approximate surface area is 134 Å². The molecule has 0 amide bonds. The lowest BCUT2D eigenvalue weighted by Crippen LogP contribution is -2.38. The molecule has 2 nitrogen and oxygen atoms in total. The fourth-order valence-corrected chi connectivity index (χ4v) is 2.94. The summed E-state index contributed by atoms with van der Waals surface area (Å²) < 4.78 is 5.76. The van der Waals surface area contributed by atoms with Crippen molar-refractivity contribution >= 4 is 11.6 Å². The number of halogens is 1. The van der Waals surface area contributed by atoms with E-state index in [1.54, 1.807) is 0 Å². The van der Waals surface area contributed by atoms with Crippen molar-refractivity contribution in [3.05, 3.63) is 34.9 Å². The van der Waals surface area contributed by atoms with Crippen molar-refractivity contribution in [3.8, 4) is 0 Å². The molecule has 0 aromatic heterocycles. The van der Waals surface area contributed by atoms with Gasteiger partial charge in [-0.1, -0.05) is 23.7 Å². The fraction of sp³-hybridized carbons (Fsp3) is 0.667. The van der Waals surface area contributed by atoms with Crippen molar-refractivity contribution in [2.75, 3.05) is 13.2 Å². The van der Waals surface area contributed by atoms with E-state index in [0.717, 1.165) is 31.0 Å². The number of nitrogens with one attached hydrogen (secondary N) is 1. The molecule has 1 aromatic rings. The molecule has 1 aliphatic rings. The van der Waals surface area contributed by atoms with Gasteiger partial charge in [0.15, 0.2) is 0 Å². The molecule has 0 spiro atoms. The summed E-state index contributed by atoms with van der Waals surface area (Å²) >= 11 is 6.01. The van der Waals surface area contributed by atoms with Gasteiger partial charge in [0.1, 0.15) is 0 Å². The molecule has 1 aromatic carbocycles. The van der Waals surface area contributed by atoms with Crippen LogP contribution in [-0.4, -0.2) is 24.8 Å². The Morgan fingerprint density at radius 2 is 2.00 bits per heavy atom. The van der Waals surface area contributed by atoms with Crippen LogP contribution in [0.4, 0.5) is 0 Å². The third kappa shape index (κ3) is 5.98. The highest BCUT2D eigenvalue weighted by molar-refractivity contribution is 6.30. The molecule has 2 unspecified atom stereocenters. The van der Waals surface area contributed by atoms with Crippen molar-refractivity contribution in [3.63, 3.8) is 0 Å². The van der Waals surface area contributed by atoms with E-state index < -0.39 is 0 Å². The van der Waals surface area contributed by atoms with Crippen LogP contribution in [0.5, 0.6) is 0 Å². The third-order valence-corrected chi connectivity index (χ3v) is 4.33. The summed E-state index contributed by atoms with van der Waals surface area (Å²) in [5.74, 6) is 0.519. The van der Waals surface area contributed by atoms with E-state index >= 15 is 0 Å². The van der Waals surface area contributed by atoms with Crippen molar-refractivity contribution in [1.82, 2.24) is 5.32 Å². The van der Waals surface area contributed by atoms with Gasteiger partial charge in [-0.15, -0.1) is 0 Å². The van der Waals surface area contributed by atoms with E-state index in [0.29, 0.717) is 12.0 Å². The van der Waals surface area contributed by atoms with Gasteiger partial charge in [0.25, 0.3) is 0 Å². The molecule has 0 bridgehead atoms. The van der Waals surface area contributed by atoms with Crippen molar-refractivity contribution in [2.45, 2.75) is 64.0 Å².